The summed E-state index contributed by atoms with van der Waals surface area (Å²) < 4.78 is 7.25. The Hall–Kier alpha value is -4.13. The fourth-order valence-corrected chi connectivity index (χ4v) is 3.42. The van der Waals surface area contributed by atoms with E-state index in [1.807, 2.05) is 72.8 Å². The Morgan fingerprint density at radius 1 is 0.897 bits per heavy atom. The van der Waals surface area contributed by atoms with Gasteiger partial charge in [-0.2, -0.15) is 4.52 Å². The molecular weight excluding hydrogens is 364 g/mol. The molecule has 0 atom stereocenters. The Bertz CT molecular complexity index is 1340. The molecule has 29 heavy (non-hydrogen) atoms. The monoisotopic (exact) mass is 382 g/mol. The second kappa shape index (κ2) is 6.79. The van der Waals surface area contributed by atoms with Crippen LogP contribution in [0.3, 0.4) is 0 Å². The first-order chi connectivity index (χ1) is 14.2. The second-order valence-electron chi connectivity index (χ2n) is 6.60. The number of para-hydroxylation sites is 1. The molecule has 0 spiro atoms. The Morgan fingerprint density at radius 2 is 1.69 bits per heavy atom. The minimum Gasteiger partial charge on any atom is -0.496 e. The molecule has 0 aliphatic heterocycles. The molecule has 142 valence electrons. The van der Waals surface area contributed by atoms with Gasteiger partial charge in [-0.15, -0.1) is 15.3 Å². The van der Waals surface area contributed by atoms with E-state index in [2.05, 4.69) is 15.5 Å². The lowest BCUT2D eigenvalue weighted by molar-refractivity contribution is 0.416. The van der Waals surface area contributed by atoms with Crippen molar-refractivity contribution < 1.29 is 4.74 Å². The zero-order valence-electron chi connectivity index (χ0n) is 15.7. The predicted octanol–water partition coefficient (Wildman–Crippen LogP) is 4.28. The van der Waals surface area contributed by atoms with Crippen LogP contribution in [-0.2, 0) is 0 Å². The maximum atomic E-state index is 5.93. The summed E-state index contributed by atoms with van der Waals surface area (Å²) in [4.78, 5) is 0. The van der Waals surface area contributed by atoms with Crippen LogP contribution in [0.15, 0.2) is 72.8 Å². The number of aromatic nitrogens is 4. The van der Waals surface area contributed by atoms with Gasteiger partial charge >= 0.3 is 0 Å². The van der Waals surface area contributed by atoms with Gasteiger partial charge in [0.15, 0.2) is 17.3 Å². The number of anilines is 3. The molecule has 0 amide bonds. The molecule has 0 bridgehead atoms. The van der Waals surface area contributed by atoms with E-state index in [1.54, 1.807) is 11.6 Å². The highest BCUT2D eigenvalue weighted by atomic mass is 16.5. The van der Waals surface area contributed by atoms with E-state index < -0.39 is 0 Å². The van der Waals surface area contributed by atoms with Gasteiger partial charge in [0.05, 0.1) is 12.7 Å². The van der Waals surface area contributed by atoms with E-state index in [0.717, 1.165) is 22.0 Å². The molecule has 5 aromatic rings. The van der Waals surface area contributed by atoms with E-state index in [-0.39, 0.29) is 0 Å². The van der Waals surface area contributed by atoms with E-state index >= 15 is 0 Å². The van der Waals surface area contributed by atoms with Crippen molar-refractivity contribution in [3.63, 3.8) is 0 Å². The maximum absolute atomic E-state index is 5.93. The average molecular weight is 382 g/mol. The normalized spacial score (nSPS) is 11.1. The molecule has 0 saturated carbocycles. The molecule has 7 heteroatoms. The van der Waals surface area contributed by atoms with Crippen LogP contribution < -0.4 is 15.8 Å². The number of fused-ring (bicyclic) bond motifs is 3. The quantitative estimate of drug-likeness (QED) is 0.451. The SMILES string of the molecule is COc1ccccc1-c1nnc2c3ccccc3c(Nc3cccc(N)c3)nn12. The molecule has 0 radical (unpaired) electrons. The van der Waals surface area contributed by atoms with Crippen LogP contribution in [0.2, 0.25) is 0 Å². The van der Waals surface area contributed by atoms with Crippen molar-refractivity contribution in [2.24, 2.45) is 0 Å². The highest BCUT2D eigenvalue weighted by Gasteiger charge is 2.17. The van der Waals surface area contributed by atoms with Gasteiger partial charge in [-0.3, -0.25) is 0 Å². The van der Waals surface area contributed by atoms with Gasteiger partial charge < -0.3 is 15.8 Å². The summed E-state index contributed by atoms with van der Waals surface area (Å²) in [7, 11) is 1.64. The molecule has 0 aliphatic carbocycles. The topological polar surface area (TPSA) is 90.4 Å². The fraction of sp³-hybridized carbons (Fsp3) is 0.0455. The van der Waals surface area contributed by atoms with Crippen molar-refractivity contribution in [2.45, 2.75) is 0 Å². The van der Waals surface area contributed by atoms with Crippen molar-refractivity contribution in [3.05, 3.63) is 72.8 Å². The summed E-state index contributed by atoms with van der Waals surface area (Å²) in [5.74, 6) is 2.01. The minimum absolute atomic E-state index is 0.610. The molecule has 2 heterocycles. The molecule has 7 nitrogen and oxygen atoms in total. The number of nitrogens with zero attached hydrogens (tertiary/aromatic N) is 4. The lowest BCUT2D eigenvalue weighted by atomic mass is 10.1. The van der Waals surface area contributed by atoms with Gasteiger partial charge in [-0.05, 0) is 30.3 Å². The minimum atomic E-state index is 0.610. The van der Waals surface area contributed by atoms with Crippen LogP contribution in [0.5, 0.6) is 5.75 Å². The smallest absolute Gasteiger partial charge is 0.189 e. The summed E-state index contributed by atoms with van der Waals surface area (Å²) >= 11 is 0. The van der Waals surface area contributed by atoms with Crippen LogP contribution >= 0.6 is 0 Å². The molecule has 3 N–H and O–H groups in total. The lowest BCUT2D eigenvalue weighted by Crippen LogP contribution is -2.03. The van der Waals surface area contributed by atoms with Crippen molar-refractivity contribution in [1.29, 1.82) is 0 Å². The van der Waals surface area contributed by atoms with Crippen LogP contribution in [-0.4, -0.2) is 26.9 Å². The predicted molar refractivity (Wildman–Crippen MR) is 114 cm³/mol. The first-order valence-electron chi connectivity index (χ1n) is 9.15. The standard InChI is InChI=1S/C22H18N6O/c1-29-19-12-5-4-11-18(19)22-26-25-21-17-10-3-2-9-16(17)20(27-28(21)22)24-15-8-6-7-14(23)13-15/h2-13H,23H2,1H3,(H,24,27). The number of benzene rings is 3. The Balaban J connectivity index is 1.76. The van der Waals surface area contributed by atoms with Crippen molar-refractivity contribution in [2.75, 3.05) is 18.2 Å². The first kappa shape index (κ1) is 17.0. The summed E-state index contributed by atoms with van der Waals surface area (Å²) in [6.07, 6.45) is 0. The molecule has 5 rings (SSSR count). The number of nitrogens with one attached hydrogen (secondary N) is 1. The summed E-state index contributed by atoms with van der Waals surface area (Å²) in [5.41, 5.74) is 8.97. The molecule has 2 aromatic heterocycles. The van der Waals surface area contributed by atoms with Gasteiger partial charge in [-0.1, -0.05) is 42.5 Å². The number of hydrogen-bond acceptors (Lipinski definition) is 6. The number of nitrogen functional groups attached to an aromatic ring is 1. The largest absolute Gasteiger partial charge is 0.496 e. The first-order valence-corrected chi connectivity index (χ1v) is 9.15. The molecule has 0 saturated heterocycles. The van der Waals surface area contributed by atoms with Gasteiger partial charge in [-0.25, -0.2) is 0 Å². The second-order valence-corrected chi connectivity index (χ2v) is 6.60. The van der Waals surface area contributed by atoms with E-state index in [9.17, 15) is 0 Å². The number of rotatable bonds is 4. The summed E-state index contributed by atoms with van der Waals surface area (Å²) in [5, 5.41) is 18.9. The van der Waals surface area contributed by atoms with E-state index in [0.29, 0.717) is 28.7 Å². The molecule has 0 fully saturated rings. The van der Waals surface area contributed by atoms with Gasteiger partial charge in [0.25, 0.3) is 0 Å². The molecule has 0 unspecified atom stereocenters. The fourth-order valence-electron chi connectivity index (χ4n) is 3.42. The van der Waals surface area contributed by atoms with Crippen LogP contribution in [0.1, 0.15) is 0 Å². The highest BCUT2D eigenvalue weighted by Crippen LogP contribution is 2.32. The van der Waals surface area contributed by atoms with Gasteiger partial charge in [0.1, 0.15) is 5.75 Å². The summed E-state index contributed by atoms with van der Waals surface area (Å²) in [6.45, 7) is 0. The van der Waals surface area contributed by atoms with Crippen molar-refractivity contribution >= 4 is 33.6 Å². The van der Waals surface area contributed by atoms with E-state index in [4.69, 9.17) is 15.6 Å². The number of methoxy groups -OCH3 is 1. The number of nitrogens with two attached hydrogens (primary N) is 1. The van der Waals surface area contributed by atoms with Crippen LogP contribution in [0.25, 0.3) is 27.8 Å². The van der Waals surface area contributed by atoms with Gasteiger partial charge in [0.2, 0.25) is 0 Å². The number of ether oxygens (including phenoxy) is 1. The van der Waals surface area contributed by atoms with Crippen molar-refractivity contribution in [1.82, 2.24) is 19.8 Å². The molecule has 0 aliphatic rings. The molecular formula is C22H18N6O. The maximum Gasteiger partial charge on any atom is 0.189 e. The lowest BCUT2D eigenvalue weighted by Gasteiger charge is -2.11. The third-order valence-electron chi connectivity index (χ3n) is 4.76. The van der Waals surface area contributed by atoms with Crippen molar-refractivity contribution in [3.8, 4) is 17.1 Å². The summed E-state index contributed by atoms with van der Waals surface area (Å²) in [6, 6.07) is 23.2. The average Bonchev–Trinajstić information content (AvgIpc) is 3.18. The van der Waals surface area contributed by atoms with Gasteiger partial charge in [0, 0.05) is 22.1 Å². The third kappa shape index (κ3) is 2.89. The highest BCUT2D eigenvalue weighted by molar-refractivity contribution is 6.01. The Morgan fingerprint density at radius 3 is 2.52 bits per heavy atom. The third-order valence-corrected chi connectivity index (χ3v) is 4.76. The molecule has 3 aromatic carbocycles. The van der Waals surface area contributed by atoms with E-state index in [1.165, 1.54) is 0 Å². The number of hydrogen-bond donors (Lipinski definition) is 2. The Kier molecular flexibility index (Phi) is 3.98. The zero-order valence-corrected chi connectivity index (χ0v) is 15.7. The zero-order chi connectivity index (χ0) is 19.8. The Labute approximate surface area is 166 Å². The van der Waals surface area contributed by atoms with Crippen LogP contribution in [0.4, 0.5) is 17.2 Å². The van der Waals surface area contributed by atoms with Crippen LogP contribution in [0, 0.1) is 0 Å².